The lowest BCUT2D eigenvalue weighted by Gasteiger charge is -2.26. The SMILES string of the molecule is O=C(NCc1ccc([N+](=O)[O-])cc1)[C@@H]1Cc2ccccc2N1S(=O)(=O)c1ccc(-c2cccc(C(F)(F)F)c2)cc1. The molecule has 0 saturated carbocycles. The van der Waals surface area contributed by atoms with Crippen LogP contribution >= 0.6 is 0 Å². The van der Waals surface area contributed by atoms with Crippen molar-refractivity contribution >= 4 is 27.3 Å². The van der Waals surface area contributed by atoms with Crippen molar-refractivity contribution in [1.82, 2.24) is 5.32 Å². The van der Waals surface area contributed by atoms with Gasteiger partial charge >= 0.3 is 6.18 Å². The zero-order valence-electron chi connectivity index (χ0n) is 21.2. The second-order valence-corrected chi connectivity index (χ2v) is 11.2. The fourth-order valence-corrected chi connectivity index (χ4v) is 6.35. The molecule has 1 amide bonds. The first-order valence-electron chi connectivity index (χ1n) is 12.4. The third-order valence-corrected chi connectivity index (χ3v) is 8.61. The Morgan fingerprint density at radius 3 is 2.27 bits per heavy atom. The molecule has 0 bridgehead atoms. The summed E-state index contributed by atoms with van der Waals surface area (Å²) in [4.78, 5) is 23.5. The predicted octanol–water partition coefficient (Wildman–Crippen LogP) is 5.72. The molecule has 1 aliphatic heterocycles. The molecule has 210 valence electrons. The Bertz CT molecular complexity index is 1720. The number of nitro groups is 1. The van der Waals surface area contributed by atoms with Gasteiger partial charge in [0.2, 0.25) is 5.91 Å². The summed E-state index contributed by atoms with van der Waals surface area (Å²) < 4.78 is 68.2. The summed E-state index contributed by atoms with van der Waals surface area (Å²) in [7, 11) is -4.26. The van der Waals surface area contributed by atoms with Crippen molar-refractivity contribution in [2.75, 3.05) is 4.31 Å². The first-order chi connectivity index (χ1) is 19.4. The highest BCUT2D eigenvalue weighted by molar-refractivity contribution is 7.93. The van der Waals surface area contributed by atoms with Gasteiger partial charge in [0.1, 0.15) is 6.04 Å². The molecule has 4 aromatic rings. The van der Waals surface area contributed by atoms with Crippen LogP contribution in [0.25, 0.3) is 11.1 Å². The standard InChI is InChI=1S/C29H22F3N3O5S/c30-29(31,32)23-6-3-5-21(16-23)20-10-14-25(15-11-20)41(39,40)34-26-7-2-1-4-22(26)17-27(34)28(36)33-18-19-8-12-24(13-9-19)35(37)38/h1-16,27H,17-18H2,(H,33,36)/t27-/m0/s1. The number of carbonyl (C=O) groups excluding carboxylic acids is 1. The molecule has 0 fully saturated rings. The fraction of sp³-hybridized carbons (Fsp3) is 0.138. The average molecular weight is 582 g/mol. The number of rotatable bonds is 7. The van der Waals surface area contributed by atoms with Gasteiger partial charge in [-0.3, -0.25) is 19.2 Å². The van der Waals surface area contributed by atoms with E-state index in [-0.39, 0.29) is 29.1 Å². The van der Waals surface area contributed by atoms with Crippen LogP contribution in [0, 0.1) is 10.1 Å². The van der Waals surface area contributed by atoms with Crippen molar-refractivity contribution in [3.8, 4) is 11.1 Å². The van der Waals surface area contributed by atoms with Crippen LogP contribution in [0.2, 0.25) is 0 Å². The van der Waals surface area contributed by atoms with Gasteiger partial charge in [0.15, 0.2) is 0 Å². The van der Waals surface area contributed by atoms with Crippen molar-refractivity contribution < 1.29 is 31.3 Å². The molecular formula is C29H22F3N3O5S. The Morgan fingerprint density at radius 2 is 1.61 bits per heavy atom. The van der Waals surface area contributed by atoms with E-state index in [0.717, 1.165) is 16.4 Å². The molecule has 5 rings (SSSR count). The predicted molar refractivity (Wildman–Crippen MR) is 145 cm³/mol. The third-order valence-electron chi connectivity index (χ3n) is 6.78. The number of hydrogen-bond donors (Lipinski definition) is 1. The molecule has 0 aromatic heterocycles. The normalized spacial score (nSPS) is 14.9. The summed E-state index contributed by atoms with van der Waals surface area (Å²) in [5.74, 6) is -0.552. The first-order valence-corrected chi connectivity index (χ1v) is 13.8. The molecule has 41 heavy (non-hydrogen) atoms. The van der Waals surface area contributed by atoms with Crippen LogP contribution in [0.3, 0.4) is 0 Å². The minimum Gasteiger partial charge on any atom is -0.350 e. The highest BCUT2D eigenvalue weighted by Crippen LogP contribution is 2.38. The summed E-state index contributed by atoms with van der Waals surface area (Å²) >= 11 is 0. The van der Waals surface area contributed by atoms with Crippen molar-refractivity contribution in [2.45, 2.75) is 30.1 Å². The number of nitrogens with zero attached hydrogens (tertiary/aromatic N) is 2. The van der Waals surface area contributed by atoms with Crippen molar-refractivity contribution in [1.29, 1.82) is 0 Å². The maximum Gasteiger partial charge on any atom is 0.416 e. The van der Waals surface area contributed by atoms with Gasteiger partial charge in [0, 0.05) is 25.1 Å². The number of alkyl halides is 3. The number of nitro benzene ring substituents is 1. The van der Waals surface area contributed by atoms with Gasteiger partial charge in [0.25, 0.3) is 15.7 Å². The van der Waals surface area contributed by atoms with Crippen molar-refractivity contribution in [3.05, 3.63) is 124 Å². The second-order valence-electron chi connectivity index (χ2n) is 9.39. The van der Waals surface area contributed by atoms with Crippen LogP contribution in [-0.2, 0) is 34.0 Å². The van der Waals surface area contributed by atoms with Crippen LogP contribution in [0.4, 0.5) is 24.5 Å². The Kier molecular flexibility index (Phi) is 7.26. The van der Waals surface area contributed by atoms with E-state index in [9.17, 15) is 36.5 Å². The van der Waals surface area contributed by atoms with E-state index in [0.29, 0.717) is 22.4 Å². The molecular weight excluding hydrogens is 559 g/mol. The Morgan fingerprint density at radius 1 is 0.927 bits per heavy atom. The maximum absolute atomic E-state index is 13.9. The topological polar surface area (TPSA) is 110 Å². The molecule has 1 N–H and O–H groups in total. The molecule has 8 nitrogen and oxygen atoms in total. The number of anilines is 1. The van der Waals surface area contributed by atoms with Crippen molar-refractivity contribution in [2.24, 2.45) is 0 Å². The summed E-state index contributed by atoms with van der Waals surface area (Å²) in [6.07, 6.45) is -4.39. The minimum absolute atomic E-state index is 0.0310. The van der Waals surface area contributed by atoms with E-state index >= 15 is 0 Å². The Balaban J connectivity index is 1.40. The van der Waals surface area contributed by atoms with Gasteiger partial charge < -0.3 is 5.32 Å². The third kappa shape index (κ3) is 5.64. The molecule has 0 saturated heterocycles. The van der Waals surface area contributed by atoms with E-state index in [1.54, 1.807) is 24.3 Å². The molecule has 1 heterocycles. The molecule has 0 radical (unpaired) electrons. The number of fused-ring (bicyclic) bond motifs is 1. The molecule has 1 aliphatic rings. The number of benzene rings is 4. The van der Waals surface area contributed by atoms with E-state index in [1.807, 2.05) is 0 Å². The maximum atomic E-state index is 13.9. The van der Waals surface area contributed by atoms with Crippen molar-refractivity contribution in [3.63, 3.8) is 0 Å². The smallest absolute Gasteiger partial charge is 0.350 e. The lowest BCUT2D eigenvalue weighted by Crippen LogP contribution is -2.47. The van der Waals surface area contributed by atoms with Gasteiger partial charge in [-0.2, -0.15) is 13.2 Å². The average Bonchev–Trinajstić information content (AvgIpc) is 3.36. The molecule has 0 aliphatic carbocycles. The monoisotopic (exact) mass is 581 g/mol. The number of nitrogens with one attached hydrogen (secondary N) is 1. The van der Waals surface area contributed by atoms with E-state index < -0.39 is 38.6 Å². The largest absolute Gasteiger partial charge is 0.416 e. The van der Waals surface area contributed by atoms with Crippen LogP contribution in [0.1, 0.15) is 16.7 Å². The fourth-order valence-electron chi connectivity index (χ4n) is 4.70. The second kappa shape index (κ2) is 10.7. The quantitative estimate of drug-likeness (QED) is 0.222. The number of hydrogen-bond acceptors (Lipinski definition) is 5. The van der Waals surface area contributed by atoms with Crippen LogP contribution in [0.15, 0.2) is 102 Å². The van der Waals surface area contributed by atoms with Gasteiger partial charge in [0.05, 0.1) is 21.1 Å². The molecule has 0 unspecified atom stereocenters. The number of sulfonamides is 1. The highest BCUT2D eigenvalue weighted by Gasteiger charge is 2.42. The minimum atomic E-state index is -4.52. The molecule has 0 spiro atoms. The van der Waals surface area contributed by atoms with Gasteiger partial charge in [-0.1, -0.05) is 54.6 Å². The Labute approximate surface area is 233 Å². The number of carbonyl (C=O) groups is 1. The Hall–Kier alpha value is -4.71. The molecule has 12 heteroatoms. The zero-order chi connectivity index (χ0) is 29.4. The molecule has 1 atom stereocenters. The summed E-state index contributed by atoms with van der Waals surface area (Å²) in [6.45, 7) is 0.0310. The van der Waals surface area contributed by atoms with Gasteiger partial charge in [-0.05, 0) is 52.6 Å². The van der Waals surface area contributed by atoms with E-state index in [4.69, 9.17) is 0 Å². The highest BCUT2D eigenvalue weighted by atomic mass is 32.2. The number of non-ortho nitro benzene ring substituents is 1. The van der Waals surface area contributed by atoms with E-state index in [1.165, 1.54) is 60.7 Å². The van der Waals surface area contributed by atoms with Crippen LogP contribution < -0.4 is 9.62 Å². The van der Waals surface area contributed by atoms with Gasteiger partial charge in [-0.25, -0.2) is 8.42 Å². The van der Waals surface area contributed by atoms with Crippen LogP contribution in [-0.4, -0.2) is 25.3 Å². The first kappa shape index (κ1) is 27.8. The zero-order valence-corrected chi connectivity index (χ0v) is 22.0. The summed E-state index contributed by atoms with van der Waals surface area (Å²) in [5, 5.41) is 13.6. The summed E-state index contributed by atoms with van der Waals surface area (Å²) in [5.41, 5.74) is 1.37. The summed E-state index contributed by atoms with van der Waals surface area (Å²) in [6, 6.07) is 21.5. The number of halogens is 3. The van der Waals surface area contributed by atoms with Gasteiger partial charge in [-0.15, -0.1) is 0 Å². The number of amides is 1. The lowest BCUT2D eigenvalue weighted by atomic mass is 10.0. The van der Waals surface area contributed by atoms with E-state index in [2.05, 4.69) is 5.32 Å². The van der Waals surface area contributed by atoms with Crippen LogP contribution in [0.5, 0.6) is 0 Å². The number of para-hydroxylation sites is 1. The molecule has 4 aromatic carbocycles. The lowest BCUT2D eigenvalue weighted by molar-refractivity contribution is -0.384.